The van der Waals surface area contributed by atoms with Crippen molar-refractivity contribution in [3.05, 3.63) is 35.9 Å². The van der Waals surface area contributed by atoms with Crippen molar-refractivity contribution in [2.45, 2.75) is 33.0 Å². The van der Waals surface area contributed by atoms with Crippen molar-refractivity contribution >= 4 is 11.9 Å². The molecule has 0 radical (unpaired) electrons. The number of benzene rings is 1. The van der Waals surface area contributed by atoms with Crippen molar-refractivity contribution in [2.24, 2.45) is 22.8 Å². The molecule has 0 saturated carbocycles. The van der Waals surface area contributed by atoms with E-state index in [-0.39, 0.29) is 6.61 Å². The second-order valence-corrected chi connectivity index (χ2v) is 6.05. The molecule has 0 amide bonds. The van der Waals surface area contributed by atoms with Gasteiger partial charge in [-0.3, -0.25) is 9.59 Å². The number of nitrogens with two attached hydrogens (primary N) is 2. The lowest BCUT2D eigenvalue weighted by molar-refractivity contribution is -0.165. The summed E-state index contributed by atoms with van der Waals surface area (Å²) in [5.41, 5.74) is 10.0. The standard InChI is InChI=1S/C15H22N2O4/c1-14(2,3)15(16,17)11(12(18)19)13(20)21-9-10-7-5-4-6-8-10/h4-8,11H,9,16-17H2,1-3H3,(H,18,19)/t11-/m0/s1. The maximum absolute atomic E-state index is 12.1. The van der Waals surface area contributed by atoms with Gasteiger partial charge in [0.1, 0.15) is 6.61 Å². The highest BCUT2D eigenvalue weighted by molar-refractivity contribution is 5.95. The zero-order valence-electron chi connectivity index (χ0n) is 12.5. The molecule has 0 aromatic heterocycles. The largest absolute Gasteiger partial charge is 0.481 e. The van der Waals surface area contributed by atoms with Gasteiger partial charge in [-0.2, -0.15) is 0 Å². The van der Waals surface area contributed by atoms with Gasteiger partial charge in [0.25, 0.3) is 0 Å². The highest BCUT2D eigenvalue weighted by atomic mass is 16.5. The SMILES string of the molecule is CC(C)(C)C(N)(N)[C@@H](C(=O)O)C(=O)OCc1ccccc1. The molecule has 1 aromatic carbocycles. The number of carbonyl (C=O) groups is 2. The normalized spacial score (nSPS) is 13.6. The van der Waals surface area contributed by atoms with Crippen molar-refractivity contribution in [2.75, 3.05) is 0 Å². The molecule has 0 unspecified atom stereocenters. The lowest BCUT2D eigenvalue weighted by Gasteiger charge is -2.40. The summed E-state index contributed by atoms with van der Waals surface area (Å²) in [6.07, 6.45) is 0. The Morgan fingerprint density at radius 3 is 2.14 bits per heavy atom. The number of esters is 1. The Bertz CT molecular complexity index is 506. The number of rotatable bonds is 5. The summed E-state index contributed by atoms with van der Waals surface area (Å²) >= 11 is 0. The fourth-order valence-corrected chi connectivity index (χ4v) is 1.75. The van der Waals surface area contributed by atoms with Crippen LogP contribution in [0.5, 0.6) is 0 Å². The average Bonchev–Trinajstić information content (AvgIpc) is 2.35. The predicted octanol–water partition coefficient (Wildman–Crippen LogP) is 1.09. The van der Waals surface area contributed by atoms with Crippen LogP contribution in [0.3, 0.4) is 0 Å². The molecule has 6 nitrogen and oxygen atoms in total. The number of carboxylic acid groups (broad SMARTS) is 1. The Labute approximate surface area is 124 Å². The first kappa shape index (κ1) is 17.1. The number of hydrogen-bond acceptors (Lipinski definition) is 5. The van der Waals surface area contributed by atoms with Crippen molar-refractivity contribution in [1.82, 2.24) is 0 Å². The molecule has 6 heteroatoms. The molecule has 5 N–H and O–H groups in total. The molecule has 1 atom stereocenters. The Hall–Kier alpha value is -1.92. The molecule has 1 aromatic rings. The van der Waals surface area contributed by atoms with Gasteiger partial charge in [0.2, 0.25) is 0 Å². The van der Waals surface area contributed by atoms with Crippen LogP contribution in [0.15, 0.2) is 30.3 Å². The molecule has 0 heterocycles. The lowest BCUT2D eigenvalue weighted by atomic mass is 9.73. The third-order valence-corrected chi connectivity index (χ3v) is 3.48. The Morgan fingerprint density at radius 1 is 1.19 bits per heavy atom. The minimum Gasteiger partial charge on any atom is -0.481 e. The first-order valence-electron chi connectivity index (χ1n) is 6.58. The number of carbonyl (C=O) groups excluding carboxylic acids is 1. The number of aliphatic carboxylic acids is 1. The lowest BCUT2D eigenvalue weighted by Crippen LogP contribution is -2.68. The van der Waals surface area contributed by atoms with Gasteiger partial charge >= 0.3 is 11.9 Å². The van der Waals surface area contributed by atoms with E-state index in [1.54, 1.807) is 45.0 Å². The van der Waals surface area contributed by atoms with Crippen LogP contribution in [-0.2, 0) is 20.9 Å². The first-order valence-corrected chi connectivity index (χ1v) is 6.58. The molecule has 0 spiro atoms. The predicted molar refractivity (Wildman–Crippen MR) is 77.9 cm³/mol. The number of ether oxygens (including phenoxy) is 1. The third-order valence-electron chi connectivity index (χ3n) is 3.48. The molecule has 116 valence electrons. The molecule has 0 aliphatic rings. The zero-order valence-corrected chi connectivity index (χ0v) is 12.5. The molecular weight excluding hydrogens is 272 g/mol. The number of carboxylic acids is 1. The monoisotopic (exact) mass is 294 g/mol. The molecule has 0 fully saturated rings. The molecule has 0 bridgehead atoms. The van der Waals surface area contributed by atoms with Gasteiger partial charge in [0.15, 0.2) is 5.92 Å². The third kappa shape index (κ3) is 4.03. The molecule has 0 aliphatic carbocycles. The van der Waals surface area contributed by atoms with Crippen LogP contribution >= 0.6 is 0 Å². The van der Waals surface area contributed by atoms with E-state index < -0.39 is 28.9 Å². The molecule has 1 rings (SSSR count). The Morgan fingerprint density at radius 2 is 1.71 bits per heavy atom. The summed E-state index contributed by atoms with van der Waals surface area (Å²) in [6, 6.07) is 8.96. The maximum Gasteiger partial charge on any atom is 0.324 e. The van der Waals surface area contributed by atoms with Crippen LogP contribution in [0.1, 0.15) is 26.3 Å². The van der Waals surface area contributed by atoms with E-state index in [9.17, 15) is 14.7 Å². The van der Waals surface area contributed by atoms with E-state index in [0.717, 1.165) is 5.56 Å². The second-order valence-electron chi connectivity index (χ2n) is 6.05. The van der Waals surface area contributed by atoms with Crippen LogP contribution in [0.25, 0.3) is 0 Å². The Kier molecular flexibility index (Phi) is 5.09. The van der Waals surface area contributed by atoms with Crippen molar-refractivity contribution in [3.8, 4) is 0 Å². The van der Waals surface area contributed by atoms with Gasteiger partial charge in [0.05, 0.1) is 5.66 Å². The summed E-state index contributed by atoms with van der Waals surface area (Å²) in [6.45, 7) is 5.00. The zero-order chi connectivity index (χ0) is 16.3. The molecular formula is C15H22N2O4. The topological polar surface area (TPSA) is 116 Å². The van der Waals surface area contributed by atoms with Crippen LogP contribution in [0.2, 0.25) is 0 Å². The highest BCUT2D eigenvalue weighted by Crippen LogP contribution is 2.31. The molecule has 0 saturated heterocycles. The van der Waals surface area contributed by atoms with Crippen molar-refractivity contribution in [1.29, 1.82) is 0 Å². The van der Waals surface area contributed by atoms with E-state index >= 15 is 0 Å². The van der Waals surface area contributed by atoms with Crippen LogP contribution in [0, 0.1) is 11.3 Å². The van der Waals surface area contributed by atoms with E-state index in [2.05, 4.69) is 0 Å². The van der Waals surface area contributed by atoms with Gasteiger partial charge in [0, 0.05) is 0 Å². The van der Waals surface area contributed by atoms with E-state index in [1.807, 2.05) is 6.07 Å². The minimum absolute atomic E-state index is 0.0241. The second kappa shape index (κ2) is 6.24. The molecule has 0 aliphatic heterocycles. The van der Waals surface area contributed by atoms with Crippen molar-refractivity contribution in [3.63, 3.8) is 0 Å². The quantitative estimate of drug-likeness (QED) is 0.425. The summed E-state index contributed by atoms with van der Waals surface area (Å²) in [5, 5.41) is 9.28. The fourth-order valence-electron chi connectivity index (χ4n) is 1.75. The summed E-state index contributed by atoms with van der Waals surface area (Å²) in [4.78, 5) is 23.5. The van der Waals surface area contributed by atoms with E-state index in [4.69, 9.17) is 16.2 Å². The van der Waals surface area contributed by atoms with Gasteiger partial charge in [-0.1, -0.05) is 51.1 Å². The number of hydrogen-bond donors (Lipinski definition) is 3. The van der Waals surface area contributed by atoms with Gasteiger partial charge in [-0.05, 0) is 11.0 Å². The van der Waals surface area contributed by atoms with Crippen LogP contribution in [0.4, 0.5) is 0 Å². The highest BCUT2D eigenvalue weighted by Gasteiger charge is 2.50. The smallest absolute Gasteiger partial charge is 0.324 e. The van der Waals surface area contributed by atoms with Gasteiger partial charge < -0.3 is 21.3 Å². The Balaban J connectivity index is 2.87. The fraction of sp³-hybridized carbons (Fsp3) is 0.467. The average molecular weight is 294 g/mol. The minimum atomic E-state index is -1.73. The van der Waals surface area contributed by atoms with E-state index in [0.29, 0.717) is 0 Å². The maximum atomic E-state index is 12.1. The van der Waals surface area contributed by atoms with Crippen LogP contribution < -0.4 is 11.5 Å². The van der Waals surface area contributed by atoms with Gasteiger partial charge in [-0.25, -0.2) is 0 Å². The summed E-state index contributed by atoms with van der Waals surface area (Å²) < 4.78 is 5.05. The summed E-state index contributed by atoms with van der Waals surface area (Å²) in [5.74, 6) is -3.97. The molecule has 21 heavy (non-hydrogen) atoms. The van der Waals surface area contributed by atoms with Crippen LogP contribution in [-0.4, -0.2) is 22.7 Å². The van der Waals surface area contributed by atoms with Crippen molar-refractivity contribution < 1.29 is 19.4 Å². The van der Waals surface area contributed by atoms with E-state index in [1.165, 1.54) is 0 Å². The summed E-state index contributed by atoms with van der Waals surface area (Å²) in [7, 11) is 0. The first-order chi connectivity index (χ1) is 9.57. The van der Waals surface area contributed by atoms with Gasteiger partial charge in [-0.15, -0.1) is 0 Å².